The van der Waals surface area contributed by atoms with Crippen molar-refractivity contribution in [1.82, 2.24) is 14.5 Å². The Labute approximate surface area is 70.8 Å². The van der Waals surface area contributed by atoms with E-state index in [9.17, 15) is 4.79 Å². The molecule has 4 nitrogen and oxygen atoms in total. The van der Waals surface area contributed by atoms with Crippen LogP contribution in [-0.4, -0.2) is 22.2 Å². The summed E-state index contributed by atoms with van der Waals surface area (Å²) >= 11 is 0. The summed E-state index contributed by atoms with van der Waals surface area (Å²) in [6, 6.07) is 0.360. The lowest BCUT2D eigenvalue weighted by Crippen LogP contribution is -2.26. The predicted molar refractivity (Wildman–Crippen MR) is 46.2 cm³/mol. The molecule has 1 aliphatic rings. The average molecular weight is 167 g/mol. The van der Waals surface area contributed by atoms with E-state index in [-0.39, 0.29) is 5.69 Å². The van der Waals surface area contributed by atoms with Crippen molar-refractivity contribution in [1.29, 1.82) is 0 Å². The number of nitrogens with one attached hydrogen (secondary N) is 1. The second kappa shape index (κ2) is 2.79. The van der Waals surface area contributed by atoms with Gasteiger partial charge in [0.15, 0.2) is 0 Å². The highest BCUT2D eigenvalue weighted by atomic mass is 16.1. The van der Waals surface area contributed by atoms with Gasteiger partial charge in [0.05, 0.1) is 6.04 Å². The highest BCUT2D eigenvalue weighted by molar-refractivity contribution is 4.87. The van der Waals surface area contributed by atoms with E-state index >= 15 is 0 Å². The number of hydrogen-bond acceptors (Lipinski definition) is 2. The standard InChI is InChI=1S/C8H13N3O/c1-10-4-5-11(8(10)12)7-2-3-9-6-7/h4-5,7,9H,2-3,6H2,1H3. The number of aryl methyl sites for hydroxylation is 1. The van der Waals surface area contributed by atoms with Crippen LogP contribution in [0.3, 0.4) is 0 Å². The van der Waals surface area contributed by atoms with Crippen molar-refractivity contribution in [2.24, 2.45) is 7.05 Å². The van der Waals surface area contributed by atoms with Crippen LogP contribution in [0.4, 0.5) is 0 Å². The Kier molecular flexibility index (Phi) is 1.77. The summed E-state index contributed by atoms with van der Waals surface area (Å²) in [5, 5.41) is 3.24. The van der Waals surface area contributed by atoms with Crippen LogP contribution in [0.5, 0.6) is 0 Å². The van der Waals surface area contributed by atoms with E-state index in [1.165, 1.54) is 0 Å². The fourth-order valence-electron chi connectivity index (χ4n) is 1.64. The lowest BCUT2D eigenvalue weighted by molar-refractivity contribution is 0.522. The van der Waals surface area contributed by atoms with Crippen molar-refractivity contribution in [3.8, 4) is 0 Å². The lowest BCUT2D eigenvalue weighted by atomic mass is 10.3. The van der Waals surface area contributed by atoms with Gasteiger partial charge in [0.25, 0.3) is 0 Å². The van der Waals surface area contributed by atoms with Gasteiger partial charge in [-0.2, -0.15) is 0 Å². The average Bonchev–Trinajstić information content (AvgIpc) is 2.64. The molecule has 1 aliphatic heterocycles. The first kappa shape index (κ1) is 7.61. The minimum Gasteiger partial charge on any atom is -0.315 e. The Morgan fingerprint density at radius 2 is 2.42 bits per heavy atom. The smallest absolute Gasteiger partial charge is 0.315 e. The van der Waals surface area contributed by atoms with E-state index in [0.29, 0.717) is 6.04 Å². The number of rotatable bonds is 1. The first-order valence-electron chi connectivity index (χ1n) is 4.23. The van der Waals surface area contributed by atoms with Crippen LogP contribution in [-0.2, 0) is 7.05 Å². The summed E-state index contributed by atoms with van der Waals surface area (Å²) in [6.07, 6.45) is 4.73. The third kappa shape index (κ3) is 1.08. The van der Waals surface area contributed by atoms with Gasteiger partial charge in [-0.15, -0.1) is 0 Å². The predicted octanol–water partition coefficient (Wildman–Crippen LogP) is -0.279. The molecular weight excluding hydrogens is 154 g/mol. The molecule has 0 spiro atoms. The minimum absolute atomic E-state index is 0.0868. The van der Waals surface area contributed by atoms with Crippen LogP contribution in [0.25, 0.3) is 0 Å². The van der Waals surface area contributed by atoms with Gasteiger partial charge in [0.1, 0.15) is 0 Å². The van der Waals surface area contributed by atoms with Gasteiger partial charge in [-0.3, -0.25) is 4.57 Å². The summed E-state index contributed by atoms with van der Waals surface area (Å²) in [5.74, 6) is 0. The molecule has 12 heavy (non-hydrogen) atoms. The van der Waals surface area contributed by atoms with E-state index in [1.807, 2.05) is 6.20 Å². The Morgan fingerprint density at radius 3 is 2.92 bits per heavy atom. The van der Waals surface area contributed by atoms with Crippen molar-refractivity contribution in [2.45, 2.75) is 12.5 Å². The molecule has 1 aromatic heterocycles. The van der Waals surface area contributed by atoms with E-state index in [1.54, 1.807) is 22.4 Å². The highest BCUT2D eigenvalue weighted by Crippen LogP contribution is 2.11. The molecule has 1 fully saturated rings. The van der Waals surface area contributed by atoms with Crippen LogP contribution in [0.2, 0.25) is 0 Å². The quantitative estimate of drug-likeness (QED) is 0.625. The molecule has 1 atom stereocenters. The molecule has 0 bridgehead atoms. The molecule has 0 radical (unpaired) electrons. The topological polar surface area (TPSA) is 39.0 Å². The SMILES string of the molecule is Cn1ccn(C2CCNC2)c1=O. The molecule has 0 aliphatic carbocycles. The molecule has 2 rings (SSSR count). The molecule has 1 unspecified atom stereocenters. The van der Waals surface area contributed by atoms with E-state index < -0.39 is 0 Å². The van der Waals surface area contributed by atoms with E-state index in [4.69, 9.17) is 0 Å². The molecule has 0 aromatic carbocycles. The molecule has 0 saturated carbocycles. The van der Waals surface area contributed by atoms with Crippen molar-refractivity contribution in [3.05, 3.63) is 22.9 Å². The summed E-state index contributed by atoms with van der Waals surface area (Å²) in [5.41, 5.74) is 0.0868. The van der Waals surface area contributed by atoms with Crippen LogP contribution in [0.1, 0.15) is 12.5 Å². The van der Waals surface area contributed by atoms with Gasteiger partial charge >= 0.3 is 5.69 Å². The molecular formula is C8H13N3O. The van der Waals surface area contributed by atoms with Crippen molar-refractivity contribution >= 4 is 0 Å². The number of imidazole rings is 1. The molecule has 1 aromatic rings. The van der Waals surface area contributed by atoms with Gasteiger partial charge in [0, 0.05) is 26.0 Å². The third-order valence-electron chi connectivity index (χ3n) is 2.40. The third-order valence-corrected chi connectivity index (χ3v) is 2.40. The highest BCUT2D eigenvalue weighted by Gasteiger charge is 2.17. The number of nitrogens with zero attached hydrogens (tertiary/aromatic N) is 2. The van der Waals surface area contributed by atoms with Crippen LogP contribution >= 0.6 is 0 Å². The van der Waals surface area contributed by atoms with Gasteiger partial charge < -0.3 is 9.88 Å². The minimum atomic E-state index is 0.0868. The van der Waals surface area contributed by atoms with Crippen molar-refractivity contribution in [3.63, 3.8) is 0 Å². The first-order valence-corrected chi connectivity index (χ1v) is 4.23. The summed E-state index contributed by atoms with van der Waals surface area (Å²) in [4.78, 5) is 11.5. The zero-order valence-corrected chi connectivity index (χ0v) is 7.16. The van der Waals surface area contributed by atoms with Crippen LogP contribution < -0.4 is 11.0 Å². The fourth-order valence-corrected chi connectivity index (χ4v) is 1.64. The van der Waals surface area contributed by atoms with Crippen LogP contribution in [0, 0.1) is 0 Å². The summed E-state index contributed by atoms with van der Waals surface area (Å²) in [6.45, 7) is 1.94. The maximum atomic E-state index is 11.5. The molecule has 1 N–H and O–H groups in total. The fraction of sp³-hybridized carbons (Fsp3) is 0.625. The van der Waals surface area contributed by atoms with E-state index in [0.717, 1.165) is 19.5 Å². The zero-order valence-electron chi connectivity index (χ0n) is 7.16. The van der Waals surface area contributed by atoms with Gasteiger partial charge in [-0.05, 0) is 13.0 Å². The Hall–Kier alpha value is -1.03. The van der Waals surface area contributed by atoms with Gasteiger partial charge in [0.2, 0.25) is 0 Å². The summed E-state index contributed by atoms with van der Waals surface area (Å²) < 4.78 is 3.42. The second-order valence-electron chi connectivity index (χ2n) is 3.25. The van der Waals surface area contributed by atoms with Crippen molar-refractivity contribution < 1.29 is 0 Å². The Morgan fingerprint density at radius 1 is 1.58 bits per heavy atom. The Bertz CT molecular complexity index is 319. The maximum Gasteiger partial charge on any atom is 0.328 e. The molecule has 1 saturated heterocycles. The van der Waals surface area contributed by atoms with Gasteiger partial charge in [-0.25, -0.2) is 4.79 Å². The van der Waals surface area contributed by atoms with Crippen LogP contribution in [0.15, 0.2) is 17.2 Å². The zero-order chi connectivity index (χ0) is 8.55. The second-order valence-corrected chi connectivity index (χ2v) is 3.25. The Balaban J connectivity index is 2.33. The first-order chi connectivity index (χ1) is 5.79. The molecule has 2 heterocycles. The lowest BCUT2D eigenvalue weighted by Gasteiger charge is -2.07. The number of aromatic nitrogens is 2. The largest absolute Gasteiger partial charge is 0.328 e. The summed E-state index contributed by atoms with van der Waals surface area (Å²) in [7, 11) is 1.78. The normalized spacial score (nSPS) is 23.2. The van der Waals surface area contributed by atoms with Crippen molar-refractivity contribution in [2.75, 3.05) is 13.1 Å². The molecule has 4 heteroatoms. The van der Waals surface area contributed by atoms with Gasteiger partial charge in [-0.1, -0.05) is 0 Å². The van der Waals surface area contributed by atoms with E-state index in [2.05, 4.69) is 5.32 Å². The number of hydrogen-bond donors (Lipinski definition) is 1. The molecule has 0 amide bonds. The monoisotopic (exact) mass is 167 g/mol. The molecule has 66 valence electrons. The maximum absolute atomic E-state index is 11.5.